The van der Waals surface area contributed by atoms with Crippen LogP contribution in [0, 0.1) is 0 Å². The van der Waals surface area contributed by atoms with Crippen LogP contribution >= 0.6 is 0 Å². The number of nitrogens with zero attached hydrogens (tertiary/aromatic N) is 4. The van der Waals surface area contributed by atoms with Crippen LogP contribution in [0.2, 0.25) is 0 Å². The molecule has 0 spiro atoms. The zero-order valence-electron chi connectivity index (χ0n) is 20.5. The van der Waals surface area contributed by atoms with E-state index in [1.54, 1.807) is 36.2 Å². The highest BCUT2D eigenvalue weighted by atomic mass is 16.5. The molecule has 1 N–H and O–H groups in total. The highest BCUT2D eigenvalue weighted by Gasteiger charge is 2.21. The van der Waals surface area contributed by atoms with Crippen molar-refractivity contribution in [1.29, 1.82) is 0 Å². The molecule has 0 saturated heterocycles. The van der Waals surface area contributed by atoms with Gasteiger partial charge in [-0.15, -0.1) is 0 Å². The first-order chi connectivity index (χ1) is 17.5. The maximum Gasteiger partial charge on any atom is 0.269 e. The topological polar surface area (TPSA) is 81.4 Å². The molecule has 2 aromatic carbocycles. The van der Waals surface area contributed by atoms with Crippen molar-refractivity contribution in [3.05, 3.63) is 102 Å². The molecule has 180 valence electrons. The van der Waals surface area contributed by atoms with E-state index >= 15 is 0 Å². The quantitative estimate of drug-likeness (QED) is 0.334. The van der Waals surface area contributed by atoms with E-state index in [0.29, 0.717) is 23.9 Å². The third kappa shape index (κ3) is 4.55. The summed E-state index contributed by atoms with van der Waals surface area (Å²) in [6.45, 7) is 4.87. The van der Waals surface area contributed by atoms with Gasteiger partial charge in [0.05, 0.1) is 5.56 Å². The third-order valence-corrected chi connectivity index (χ3v) is 6.13. The number of carbonyl (C=O) groups is 1. The van der Waals surface area contributed by atoms with Gasteiger partial charge in [0.25, 0.3) is 5.91 Å². The summed E-state index contributed by atoms with van der Waals surface area (Å²) in [6, 6.07) is 21.8. The van der Waals surface area contributed by atoms with E-state index in [2.05, 4.69) is 53.4 Å². The van der Waals surface area contributed by atoms with Crippen LogP contribution in [0.5, 0.6) is 5.75 Å². The molecule has 1 amide bonds. The van der Waals surface area contributed by atoms with Gasteiger partial charge in [0.1, 0.15) is 23.7 Å². The molecule has 0 unspecified atom stereocenters. The molecular weight excluding hydrogens is 450 g/mol. The Morgan fingerprint density at radius 1 is 0.917 bits per heavy atom. The summed E-state index contributed by atoms with van der Waals surface area (Å²) < 4.78 is 7.63. The van der Waals surface area contributed by atoms with Gasteiger partial charge in [0.2, 0.25) is 0 Å². The zero-order valence-corrected chi connectivity index (χ0v) is 20.5. The summed E-state index contributed by atoms with van der Waals surface area (Å²) in [7, 11) is 1.60. The van der Waals surface area contributed by atoms with Crippen molar-refractivity contribution in [2.75, 3.05) is 7.05 Å². The fourth-order valence-electron chi connectivity index (χ4n) is 4.11. The number of benzene rings is 2. The number of hydrogen-bond acceptors (Lipinski definition) is 5. The van der Waals surface area contributed by atoms with E-state index in [1.807, 2.05) is 36.4 Å². The van der Waals surface area contributed by atoms with Crippen molar-refractivity contribution in [2.45, 2.75) is 26.4 Å². The van der Waals surface area contributed by atoms with E-state index < -0.39 is 0 Å². The minimum absolute atomic E-state index is 0.233. The highest BCUT2D eigenvalue weighted by molar-refractivity contribution is 5.96. The summed E-state index contributed by atoms with van der Waals surface area (Å²) >= 11 is 0. The second kappa shape index (κ2) is 10.00. The maximum atomic E-state index is 12.5. The van der Waals surface area contributed by atoms with Gasteiger partial charge < -0.3 is 10.1 Å². The molecule has 0 fully saturated rings. The van der Waals surface area contributed by atoms with Gasteiger partial charge in [0, 0.05) is 31.2 Å². The first-order valence-corrected chi connectivity index (χ1v) is 11.9. The van der Waals surface area contributed by atoms with Crippen molar-refractivity contribution >= 4 is 11.6 Å². The maximum absolute atomic E-state index is 12.5. The van der Waals surface area contributed by atoms with Crippen molar-refractivity contribution in [2.24, 2.45) is 0 Å². The Hall–Kier alpha value is -4.52. The molecule has 0 atom stereocenters. The standard InChI is InChI=1S/C29H27N5O2/c1-19(2)21-6-4-20(5-7-21)18-36-24-10-8-22(9-11-24)26-27(23-12-15-31-16-13-23)33-34-25(29(35)30-3)14-17-32-28(26)34/h4-17,19H,18H2,1-3H3,(H,30,35). The Balaban J connectivity index is 1.48. The Labute approximate surface area is 209 Å². The van der Waals surface area contributed by atoms with Crippen molar-refractivity contribution < 1.29 is 9.53 Å². The Morgan fingerprint density at radius 3 is 2.31 bits per heavy atom. The average molecular weight is 478 g/mol. The van der Waals surface area contributed by atoms with Crippen LogP contribution in [0.1, 0.15) is 41.4 Å². The summed E-state index contributed by atoms with van der Waals surface area (Å²) in [5, 5.41) is 7.45. The molecule has 0 aliphatic heterocycles. The number of ether oxygens (including phenoxy) is 1. The number of nitrogens with one attached hydrogen (secondary N) is 1. The number of pyridine rings is 1. The van der Waals surface area contributed by atoms with Crippen molar-refractivity contribution in [1.82, 2.24) is 24.9 Å². The van der Waals surface area contributed by atoms with E-state index in [4.69, 9.17) is 9.84 Å². The molecular formula is C29H27N5O2. The molecule has 0 saturated carbocycles. The smallest absolute Gasteiger partial charge is 0.269 e. The predicted octanol–water partition coefficient (Wildman–Crippen LogP) is 5.52. The Bertz CT molecular complexity index is 1490. The SMILES string of the molecule is CNC(=O)c1ccnc2c(-c3ccc(OCc4ccc(C(C)C)cc4)cc3)c(-c3ccncc3)nn12. The molecule has 5 rings (SSSR count). The molecule has 0 bridgehead atoms. The molecule has 7 heteroatoms. The summed E-state index contributed by atoms with van der Waals surface area (Å²) in [5.41, 5.74) is 6.81. The van der Waals surface area contributed by atoms with Crippen LogP contribution in [-0.2, 0) is 6.61 Å². The first kappa shape index (κ1) is 23.2. The van der Waals surface area contributed by atoms with E-state index in [1.165, 1.54) is 5.56 Å². The lowest BCUT2D eigenvalue weighted by atomic mass is 10.0. The van der Waals surface area contributed by atoms with Gasteiger partial charge in [0.15, 0.2) is 5.65 Å². The third-order valence-electron chi connectivity index (χ3n) is 6.13. The molecule has 5 aromatic rings. The van der Waals surface area contributed by atoms with E-state index in [9.17, 15) is 4.79 Å². The number of amides is 1. The van der Waals surface area contributed by atoms with Crippen LogP contribution in [0.25, 0.3) is 28.0 Å². The van der Waals surface area contributed by atoms with Gasteiger partial charge in [-0.05, 0) is 52.9 Å². The number of aromatic nitrogens is 4. The van der Waals surface area contributed by atoms with Gasteiger partial charge in [-0.2, -0.15) is 5.10 Å². The second-order valence-corrected chi connectivity index (χ2v) is 8.81. The fraction of sp³-hybridized carbons (Fsp3) is 0.172. The van der Waals surface area contributed by atoms with Crippen LogP contribution in [0.3, 0.4) is 0 Å². The average Bonchev–Trinajstić information content (AvgIpc) is 3.32. The fourth-order valence-corrected chi connectivity index (χ4v) is 4.11. The van der Waals surface area contributed by atoms with Gasteiger partial charge in [-0.1, -0.05) is 50.2 Å². The summed E-state index contributed by atoms with van der Waals surface area (Å²) in [6.07, 6.45) is 5.07. The van der Waals surface area contributed by atoms with Crippen LogP contribution < -0.4 is 10.1 Å². The molecule has 3 aromatic heterocycles. The number of carbonyl (C=O) groups excluding carboxylic acids is 1. The molecule has 7 nitrogen and oxygen atoms in total. The van der Waals surface area contributed by atoms with Gasteiger partial charge >= 0.3 is 0 Å². The summed E-state index contributed by atoms with van der Waals surface area (Å²) in [4.78, 5) is 21.2. The van der Waals surface area contributed by atoms with Crippen LogP contribution in [0.15, 0.2) is 85.3 Å². The van der Waals surface area contributed by atoms with E-state index in [-0.39, 0.29) is 5.91 Å². The summed E-state index contributed by atoms with van der Waals surface area (Å²) in [5.74, 6) is 1.04. The normalized spacial score (nSPS) is 11.1. The minimum Gasteiger partial charge on any atom is -0.489 e. The Morgan fingerprint density at radius 2 is 1.64 bits per heavy atom. The van der Waals surface area contributed by atoms with Crippen molar-refractivity contribution in [3.8, 4) is 28.1 Å². The number of hydrogen-bond donors (Lipinski definition) is 1. The largest absolute Gasteiger partial charge is 0.489 e. The highest BCUT2D eigenvalue weighted by Crippen LogP contribution is 2.35. The monoisotopic (exact) mass is 477 g/mol. The van der Waals surface area contributed by atoms with E-state index in [0.717, 1.165) is 33.7 Å². The Kier molecular flexibility index (Phi) is 6.45. The molecule has 0 aliphatic carbocycles. The molecule has 0 aliphatic rings. The van der Waals surface area contributed by atoms with Crippen LogP contribution in [-0.4, -0.2) is 32.5 Å². The second-order valence-electron chi connectivity index (χ2n) is 8.81. The van der Waals surface area contributed by atoms with Crippen LogP contribution in [0.4, 0.5) is 0 Å². The predicted molar refractivity (Wildman–Crippen MR) is 140 cm³/mol. The van der Waals surface area contributed by atoms with Crippen molar-refractivity contribution in [3.63, 3.8) is 0 Å². The minimum atomic E-state index is -0.233. The molecule has 36 heavy (non-hydrogen) atoms. The zero-order chi connectivity index (χ0) is 25.1. The number of rotatable bonds is 7. The molecule has 3 heterocycles. The number of fused-ring (bicyclic) bond motifs is 1. The lowest BCUT2D eigenvalue weighted by molar-refractivity contribution is 0.0955. The van der Waals surface area contributed by atoms with Gasteiger partial charge in [-0.25, -0.2) is 9.50 Å². The molecule has 0 radical (unpaired) electrons. The lowest BCUT2D eigenvalue weighted by Gasteiger charge is -2.10. The first-order valence-electron chi connectivity index (χ1n) is 11.9. The lowest BCUT2D eigenvalue weighted by Crippen LogP contribution is -2.21. The van der Waals surface area contributed by atoms with Gasteiger partial charge in [-0.3, -0.25) is 9.78 Å².